The number of aliphatic hydroxyl groups excluding tert-OH is 1. The molecule has 8 nitrogen and oxygen atoms in total. The van der Waals surface area contributed by atoms with Crippen LogP contribution in [0.15, 0.2) is 26.7 Å². The summed E-state index contributed by atoms with van der Waals surface area (Å²) in [6.45, 7) is 4.20. The summed E-state index contributed by atoms with van der Waals surface area (Å²) in [4.78, 5) is 30.2. The van der Waals surface area contributed by atoms with E-state index in [0.29, 0.717) is 36.7 Å². The van der Waals surface area contributed by atoms with Crippen LogP contribution in [0.4, 0.5) is 14.7 Å². The Bertz CT molecular complexity index is 1070. The Balaban J connectivity index is 1.58. The summed E-state index contributed by atoms with van der Waals surface area (Å²) < 4.78 is 34.8. The molecule has 2 unspecified atom stereocenters. The molecule has 0 radical (unpaired) electrons. The molecule has 0 saturated heterocycles. The Morgan fingerprint density at radius 1 is 1.34 bits per heavy atom. The number of alkyl halides is 2. The highest BCUT2D eigenvalue weighted by Crippen LogP contribution is 2.31. The number of aliphatic imine (C=N–C) groups is 2. The predicted octanol–water partition coefficient (Wildman–Crippen LogP) is 2.93. The fourth-order valence-corrected chi connectivity index (χ4v) is 3.97. The minimum Gasteiger partial charge on any atom is -0.459 e. The van der Waals surface area contributed by atoms with Crippen molar-refractivity contribution in [3.63, 3.8) is 0 Å². The van der Waals surface area contributed by atoms with Gasteiger partial charge in [-0.2, -0.15) is 0 Å². The lowest BCUT2D eigenvalue weighted by molar-refractivity contribution is -0.129. The monoisotopic (exact) mass is 445 g/mol. The van der Waals surface area contributed by atoms with Gasteiger partial charge < -0.3 is 14.4 Å². The second-order valence-electron chi connectivity index (χ2n) is 8.00. The number of aliphatic hydroxyl groups is 1. The Hall–Kier alpha value is -3.01. The molecular weight excluding hydrogens is 420 g/mol. The third-order valence-corrected chi connectivity index (χ3v) is 5.63. The minimum atomic E-state index is -1.59. The standard InChI is InChI=1S/C22H25F2N5O3/c1-12-10-26-22(27-15-8-16(23)21(17(24)9-15)25-4-6-30)28-20(12)19-7-14-11-29(13(2)31)5-3-18(14)32-19/h7,10,16-17,30H,3-6,8-9,11H2,1-2H3. The highest BCUT2D eigenvalue weighted by atomic mass is 19.1. The van der Waals surface area contributed by atoms with E-state index in [4.69, 9.17) is 9.52 Å². The number of rotatable bonds is 4. The fourth-order valence-electron chi connectivity index (χ4n) is 3.97. The van der Waals surface area contributed by atoms with Crippen LogP contribution in [0, 0.1) is 6.92 Å². The summed E-state index contributed by atoms with van der Waals surface area (Å²) in [6, 6.07) is 1.87. The Morgan fingerprint density at radius 3 is 2.78 bits per heavy atom. The third kappa shape index (κ3) is 4.59. The smallest absolute Gasteiger partial charge is 0.249 e. The summed E-state index contributed by atoms with van der Waals surface area (Å²) >= 11 is 0. The lowest BCUT2D eigenvalue weighted by atomic mass is 9.93. The minimum absolute atomic E-state index is 0.0177. The first-order chi connectivity index (χ1) is 15.4. The average Bonchev–Trinajstić information content (AvgIpc) is 3.17. The van der Waals surface area contributed by atoms with E-state index in [-0.39, 0.29) is 43.6 Å². The Kier molecular flexibility index (Phi) is 6.40. The highest BCUT2D eigenvalue weighted by molar-refractivity contribution is 6.04. The number of fused-ring (bicyclic) bond motifs is 1. The number of aryl methyl sites for hydroxylation is 1. The van der Waals surface area contributed by atoms with Gasteiger partial charge in [-0.15, -0.1) is 0 Å². The van der Waals surface area contributed by atoms with Crippen molar-refractivity contribution < 1.29 is 23.1 Å². The van der Waals surface area contributed by atoms with Crippen LogP contribution in [0.2, 0.25) is 0 Å². The molecule has 32 heavy (non-hydrogen) atoms. The number of halogens is 2. The van der Waals surface area contributed by atoms with Crippen molar-refractivity contribution in [2.24, 2.45) is 9.98 Å². The first kappa shape index (κ1) is 22.2. The van der Waals surface area contributed by atoms with Gasteiger partial charge in [0, 0.05) is 56.7 Å². The topological polar surface area (TPSA) is 104 Å². The third-order valence-electron chi connectivity index (χ3n) is 5.63. The van der Waals surface area contributed by atoms with Gasteiger partial charge in [0.15, 0.2) is 5.76 Å². The molecule has 0 aromatic carbocycles. The molecule has 1 aliphatic carbocycles. The first-order valence-corrected chi connectivity index (χ1v) is 10.6. The lowest BCUT2D eigenvalue weighted by Crippen LogP contribution is -2.36. The van der Waals surface area contributed by atoms with E-state index in [1.807, 2.05) is 13.0 Å². The van der Waals surface area contributed by atoms with Gasteiger partial charge in [0.1, 0.15) is 23.8 Å². The molecule has 0 bridgehead atoms. The molecule has 170 valence electrons. The number of furan rings is 1. The van der Waals surface area contributed by atoms with Crippen molar-refractivity contribution >= 4 is 23.3 Å². The molecule has 1 fully saturated rings. The SMILES string of the molecule is CC(=O)N1CCc2oc(-c3nc(N=C4CC(F)C(=NCCO)C(F)C4)ncc3C)cc2C1. The maximum absolute atomic E-state index is 14.4. The molecule has 1 N–H and O–H groups in total. The lowest BCUT2D eigenvalue weighted by Gasteiger charge is -2.24. The average molecular weight is 445 g/mol. The van der Waals surface area contributed by atoms with Crippen LogP contribution < -0.4 is 0 Å². The summed E-state index contributed by atoms with van der Waals surface area (Å²) in [7, 11) is 0. The Morgan fingerprint density at radius 2 is 2.09 bits per heavy atom. The van der Waals surface area contributed by atoms with Crippen LogP contribution in [0.5, 0.6) is 0 Å². The van der Waals surface area contributed by atoms with Crippen molar-refractivity contribution in [2.75, 3.05) is 19.7 Å². The van der Waals surface area contributed by atoms with Crippen molar-refractivity contribution in [2.45, 2.75) is 52.0 Å². The zero-order valence-electron chi connectivity index (χ0n) is 18.0. The molecule has 2 atom stereocenters. The van der Waals surface area contributed by atoms with E-state index in [9.17, 15) is 13.6 Å². The van der Waals surface area contributed by atoms with E-state index in [0.717, 1.165) is 16.9 Å². The van der Waals surface area contributed by atoms with E-state index >= 15 is 0 Å². The summed E-state index contributed by atoms with van der Waals surface area (Å²) in [6.07, 6.45) is -1.13. The van der Waals surface area contributed by atoms with Crippen LogP contribution in [0.25, 0.3) is 11.5 Å². The molecule has 0 spiro atoms. The maximum atomic E-state index is 14.4. The first-order valence-electron chi connectivity index (χ1n) is 10.6. The number of hydrogen-bond donors (Lipinski definition) is 1. The molecule has 2 aliphatic rings. The quantitative estimate of drug-likeness (QED) is 0.779. The second-order valence-corrected chi connectivity index (χ2v) is 8.00. The van der Waals surface area contributed by atoms with Gasteiger partial charge in [-0.25, -0.2) is 23.7 Å². The van der Waals surface area contributed by atoms with Crippen molar-refractivity contribution in [1.82, 2.24) is 14.9 Å². The van der Waals surface area contributed by atoms with Crippen LogP contribution in [-0.2, 0) is 17.8 Å². The van der Waals surface area contributed by atoms with Crippen LogP contribution >= 0.6 is 0 Å². The van der Waals surface area contributed by atoms with Gasteiger partial charge in [0.25, 0.3) is 0 Å². The predicted molar refractivity (Wildman–Crippen MR) is 115 cm³/mol. The molecule has 10 heteroatoms. The largest absolute Gasteiger partial charge is 0.459 e. The van der Waals surface area contributed by atoms with Crippen LogP contribution in [0.3, 0.4) is 0 Å². The molecule has 3 heterocycles. The molecule has 1 saturated carbocycles. The summed E-state index contributed by atoms with van der Waals surface area (Å²) in [5, 5.41) is 8.83. The van der Waals surface area contributed by atoms with Crippen molar-refractivity contribution in [3.8, 4) is 11.5 Å². The zero-order chi connectivity index (χ0) is 22.8. The number of nitrogens with zero attached hydrogens (tertiary/aromatic N) is 5. The zero-order valence-corrected chi connectivity index (χ0v) is 18.0. The number of amides is 1. The number of carbonyl (C=O) groups excluding carboxylic acids is 1. The number of hydrogen-bond acceptors (Lipinski definition) is 7. The fraction of sp³-hybridized carbons (Fsp3) is 0.500. The molecule has 1 aliphatic heterocycles. The van der Waals surface area contributed by atoms with Crippen LogP contribution in [-0.4, -0.2) is 69.3 Å². The maximum Gasteiger partial charge on any atom is 0.249 e. The molecule has 2 aromatic heterocycles. The van der Waals surface area contributed by atoms with Gasteiger partial charge in [0.2, 0.25) is 11.9 Å². The van der Waals surface area contributed by atoms with Gasteiger partial charge in [-0.05, 0) is 18.6 Å². The number of aromatic nitrogens is 2. The summed E-state index contributed by atoms with van der Waals surface area (Å²) in [5.41, 5.74) is 2.41. The summed E-state index contributed by atoms with van der Waals surface area (Å²) in [5.74, 6) is 1.50. The van der Waals surface area contributed by atoms with E-state index < -0.39 is 12.3 Å². The molecule has 1 amide bonds. The van der Waals surface area contributed by atoms with E-state index in [2.05, 4.69) is 20.0 Å². The van der Waals surface area contributed by atoms with Gasteiger partial charge in [-0.3, -0.25) is 9.79 Å². The van der Waals surface area contributed by atoms with Gasteiger partial charge >= 0.3 is 0 Å². The highest BCUT2D eigenvalue weighted by Gasteiger charge is 2.33. The molecular formula is C22H25F2N5O3. The molecule has 4 rings (SSSR count). The van der Waals surface area contributed by atoms with E-state index in [1.54, 1.807) is 18.0 Å². The van der Waals surface area contributed by atoms with Gasteiger partial charge in [-0.1, -0.05) is 0 Å². The molecule has 2 aromatic rings. The van der Waals surface area contributed by atoms with Crippen molar-refractivity contribution in [3.05, 3.63) is 29.2 Å². The normalized spacial score (nSPS) is 20.8. The van der Waals surface area contributed by atoms with Crippen molar-refractivity contribution in [1.29, 1.82) is 0 Å². The number of carbonyl (C=O) groups is 1. The van der Waals surface area contributed by atoms with Gasteiger partial charge in [0.05, 0.1) is 18.9 Å². The second kappa shape index (κ2) is 9.23. The van der Waals surface area contributed by atoms with Crippen LogP contribution in [0.1, 0.15) is 36.7 Å². The Labute approximate surface area is 184 Å². The van der Waals surface area contributed by atoms with E-state index in [1.165, 1.54) is 0 Å².